The van der Waals surface area contributed by atoms with Crippen LogP contribution in [0.3, 0.4) is 0 Å². The molecule has 0 unspecified atom stereocenters. The van der Waals surface area contributed by atoms with Gasteiger partial charge in [-0.1, -0.05) is 41.4 Å². The van der Waals surface area contributed by atoms with E-state index in [4.69, 9.17) is 6.57 Å². The SMILES string of the molecule is [C-]#[N+]c1ccc2c(=O)n(-c3ccc(C)cc3)sc2c1. The van der Waals surface area contributed by atoms with E-state index in [1.165, 1.54) is 11.5 Å². The Hall–Kier alpha value is -2.38. The minimum Gasteiger partial charge on any atom is -0.267 e. The third kappa shape index (κ3) is 1.94. The Morgan fingerprint density at radius 2 is 1.89 bits per heavy atom. The lowest BCUT2D eigenvalue weighted by Gasteiger charge is -1.99. The van der Waals surface area contributed by atoms with Gasteiger partial charge in [0.25, 0.3) is 5.56 Å². The Labute approximate surface area is 114 Å². The van der Waals surface area contributed by atoms with Crippen LogP contribution in [0, 0.1) is 13.5 Å². The molecule has 0 fully saturated rings. The van der Waals surface area contributed by atoms with Gasteiger partial charge in [-0.05, 0) is 25.1 Å². The van der Waals surface area contributed by atoms with Gasteiger partial charge in [-0.2, -0.15) is 0 Å². The predicted octanol–water partition coefficient (Wildman–Crippen LogP) is 3.91. The van der Waals surface area contributed by atoms with E-state index < -0.39 is 0 Å². The first kappa shape index (κ1) is 11.7. The Kier molecular flexibility index (Phi) is 2.69. The highest BCUT2D eigenvalue weighted by Gasteiger charge is 2.09. The van der Waals surface area contributed by atoms with Crippen LogP contribution in [0.1, 0.15) is 5.56 Å². The number of hydrogen-bond acceptors (Lipinski definition) is 2. The van der Waals surface area contributed by atoms with Crippen LogP contribution < -0.4 is 5.56 Å². The summed E-state index contributed by atoms with van der Waals surface area (Å²) in [5, 5.41) is 0.665. The first-order valence-corrected chi connectivity index (χ1v) is 6.57. The highest BCUT2D eigenvalue weighted by atomic mass is 32.1. The summed E-state index contributed by atoms with van der Waals surface area (Å²) in [6.07, 6.45) is 0. The zero-order valence-electron chi connectivity index (χ0n) is 10.3. The number of fused-ring (bicyclic) bond motifs is 1. The molecule has 3 nitrogen and oxygen atoms in total. The largest absolute Gasteiger partial charge is 0.273 e. The second-order valence-electron chi connectivity index (χ2n) is 4.32. The van der Waals surface area contributed by atoms with E-state index in [-0.39, 0.29) is 5.56 Å². The average molecular weight is 266 g/mol. The molecule has 2 aromatic carbocycles. The molecule has 0 spiro atoms. The topological polar surface area (TPSA) is 26.4 Å². The summed E-state index contributed by atoms with van der Waals surface area (Å²) >= 11 is 1.37. The molecular weight excluding hydrogens is 256 g/mol. The summed E-state index contributed by atoms with van der Waals surface area (Å²) in [5.74, 6) is 0. The Morgan fingerprint density at radius 3 is 2.58 bits per heavy atom. The number of aromatic nitrogens is 1. The Morgan fingerprint density at radius 1 is 1.16 bits per heavy atom. The normalized spacial score (nSPS) is 10.5. The molecule has 0 saturated heterocycles. The molecule has 92 valence electrons. The molecule has 3 rings (SSSR count). The number of hydrogen-bond donors (Lipinski definition) is 0. The van der Waals surface area contributed by atoms with E-state index >= 15 is 0 Å². The van der Waals surface area contributed by atoms with E-state index in [0.717, 1.165) is 16.0 Å². The quantitative estimate of drug-likeness (QED) is 0.613. The summed E-state index contributed by atoms with van der Waals surface area (Å²) in [7, 11) is 0. The van der Waals surface area contributed by atoms with Crippen molar-refractivity contribution in [3.63, 3.8) is 0 Å². The van der Waals surface area contributed by atoms with Crippen LogP contribution in [0.2, 0.25) is 0 Å². The third-order valence-electron chi connectivity index (χ3n) is 2.97. The van der Waals surface area contributed by atoms with Crippen LogP contribution in [0.15, 0.2) is 47.3 Å². The molecule has 0 aliphatic heterocycles. The Bertz CT molecular complexity index is 850. The maximum Gasteiger partial charge on any atom is 0.273 e. The molecule has 4 heteroatoms. The van der Waals surface area contributed by atoms with Gasteiger partial charge in [0.05, 0.1) is 17.6 Å². The van der Waals surface area contributed by atoms with Crippen molar-refractivity contribution in [2.24, 2.45) is 0 Å². The van der Waals surface area contributed by atoms with Crippen molar-refractivity contribution < 1.29 is 0 Å². The maximum absolute atomic E-state index is 12.3. The smallest absolute Gasteiger partial charge is 0.267 e. The van der Waals surface area contributed by atoms with Crippen molar-refractivity contribution in [2.45, 2.75) is 6.92 Å². The van der Waals surface area contributed by atoms with Crippen molar-refractivity contribution in [1.29, 1.82) is 0 Å². The monoisotopic (exact) mass is 266 g/mol. The fourth-order valence-electron chi connectivity index (χ4n) is 1.93. The molecule has 3 aromatic rings. The van der Waals surface area contributed by atoms with Gasteiger partial charge in [0.15, 0.2) is 5.69 Å². The summed E-state index contributed by atoms with van der Waals surface area (Å²) in [4.78, 5) is 15.7. The lowest BCUT2D eigenvalue weighted by molar-refractivity contribution is 1.14. The van der Waals surface area contributed by atoms with Crippen LogP contribution in [0.4, 0.5) is 5.69 Å². The van der Waals surface area contributed by atoms with Crippen LogP contribution in [-0.4, -0.2) is 3.96 Å². The molecule has 0 aliphatic rings. The molecular formula is C15H10N2OS. The molecule has 0 saturated carbocycles. The summed E-state index contributed by atoms with van der Waals surface area (Å²) < 4.78 is 2.51. The van der Waals surface area contributed by atoms with Crippen LogP contribution in [-0.2, 0) is 0 Å². The van der Waals surface area contributed by atoms with E-state index in [2.05, 4.69) is 4.85 Å². The van der Waals surface area contributed by atoms with Crippen molar-refractivity contribution in [2.75, 3.05) is 0 Å². The first-order valence-electron chi connectivity index (χ1n) is 5.79. The van der Waals surface area contributed by atoms with Gasteiger partial charge in [0.1, 0.15) is 0 Å². The van der Waals surface area contributed by atoms with Crippen LogP contribution in [0.5, 0.6) is 0 Å². The first-order chi connectivity index (χ1) is 9.19. The second-order valence-corrected chi connectivity index (χ2v) is 5.31. The summed E-state index contributed by atoms with van der Waals surface area (Å²) in [6.45, 7) is 9.03. The fraction of sp³-hybridized carbons (Fsp3) is 0.0667. The molecule has 0 N–H and O–H groups in total. The molecule has 1 heterocycles. The van der Waals surface area contributed by atoms with E-state index in [0.29, 0.717) is 11.1 Å². The van der Waals surface area contributed by atoms with E-state index in [1.54, 1.807) is 22.2 Å². The second kappa shape index (κ2) is 4.38. The van der Waals surface area contributed by atoms with Crippen LogP contribution in [0.25, 0.3) is 20.6 Å². The molecule has 1 aromatic heterocycles. The third-order valence-corrected chi connectivity index (χ3v) is 4.06. The number of nitrogens with zero attached hydrogens (tertiary/aromatic N) is 2. The minimum atomic E-state index is -0.0274. The molecule has 0 aliphatic carbocycles. The minimum absolute atomic E-state index is 0.0274. The molecule has 0 bridgehead atoms. The zero-order valence-corrected chi connectivity index (χ0v) is 11.1. The standard InChI is InChI=1S/C15H10N2OS/c1-10-3-6-12(7-4-10)17-15(18)13-8-5-11(16-2)9-14(13)19-17/h3-9H,1H3. The molecule has 0 radical (unpaired) electrons. The molecule has 0 atom stereocenters. The van der Waals surface area contributed by atoms with Gasteiger partial charge < -0.3 is 0 Å². The number of benzene rings is 2. The summed E-state index contributed by atoms with van der Waals surface area (Å²) in [6, 6.07) is 13.0. The van der Waals surface area contributed by atoms with Crippen molar-refractivity contribution in [3.8, 4) is 5.69 Å². The molecule has 19 heavy (non-hydrogen) atoms. The van der Waals surface area contributed by atoms with Crippen molar-refractivity contribution >= 4 is 27.3 Å². The zero-order chi connectivity index (χ0) is 13.4. The number of aryl methyl sites for hydroxylation is 1. The number of rotatable bonds is 1. The fourth-order valence-corrected chi connectivity index (χ4v) is 2.96. The van der Waals surface area contributed by atoms with Gasteiger partial charge in [-0.25, -0.2) is 8.80 Å². The van der Waals surface area contributed by atoms with E-state index in [1.807, 2.05) is 31.2 Å². The summed E-state index contributed by atoms with van der Waals surface area (Å²) in [5.41, 5.74) is 2.56. The lowest BCUT2D eigenvalue weighted by atomic mass is 10.2. The highest BCUT2D eigenvalue weighted by molar-refractivity contribution is 7.14. The van der Waals surface area contributed by atoms with Gasteiger partial charge >= 0.3 is 0 Å². The van der Waals surface area contributed by atoms with Crippen molar-refractivity contribution in [3.05, 3.63) is 69.8 Å². The predicted molar refractivity (Wildman–Crippen MR) is 78.4 cm³/mol. The van der Waals surface area contributed by atoms with Gasteiger partial charge in [0.2, 0.25) is 0 Å². The maximum atomic E-state index is 12.3. The van der Waals surface area contributed by atoms with Gasteiger partial charge in [-0.15, -0.1) is 0 Å². The Balaban J connectivity index is 2.25. The van der Waals surface area contributed by atoms with Gasteiger partial charge in [-0.3, -0.25) is 4.79 Å². The molecule has 0 amide bonds. The van der Waals surface area contributed by atoms with Gasteiger partial charge in [0, 0.05) is 4.70 Å². The van der Waals surface area contributed by atoms with Crippen LogP contribution >= 0.6 is 11.5 Å². The highest BCUT2D eigenvalue weighted by Crippen LogP contribution is 2.25. The van der Waals surface area contributed by atoms with Crippen molar-refractivity contribution in [1.82, 2.24) is 3.96 Å². The average Bonchev–Trinajstić information content (AvgIpc) is 2.76. The van der Waals surface area contributed by atoms with E-state index in [9.17, 15) is 4.79 Å². The lowest BCUT2D eigenvalue weighted by Crippen LogP contribution is -2.10.